The van der Waals surface area contributed by atoms with E-state index in [1.165, 1.54) is 4.90 Å². The molecule has 0 aliphatic carbocycles. The molecule has 0 aliphatic heterocycles. The Morgan fingerprint density at radius 1 is 1.16 bits per heavy atom. The standard InChI is InChI=1S/C13H15BrN4S/c1-2-5-11-16-12(18-13(15)17-11)8-19-10-7-4-3-6-9(10)14/h3-4,6-7H,2,5,8H2,1H3,(H2,15,16,17,18). The first kappa shape index (κ1) is 14.3. The van der Waals surface area contributed by atoms with Crippen LogP contribution in [0, 0.1) is 0 Å². The van der Waals surface area contributed by atoms with E-state index in [-0.39, 0.29) is 0 Å². The fourth-order valence-electron chi connectivity index (χ4n) is 1.59. The van der Waals surface area contributed by atoms with E-state index in [0.29, 0.717) is 11.7 Å². The number of halogens is 1. The highest BCUT2D eigenvalue weighted by molar-refractivity contribution is 9.10. The molecule has 1 heterocycles. The molecular formula is C13H15BrN4S. The zero-order valence-corrected chi connectivity index (χ0v) is 13.0. The van der Waals surface area contributed by atoms with Crippen molar-refractivity contribution in [3.8, 4) is 0 Å². The summed E-state index contributed by atoms with van der Waals surface area (Å²) in [6.07, 6.45) is 1.83. The van der Waals surface area contributed by atoms with E-state index in [1.807, 2.05) is 18.2 Å². The van der Waals surface area contributed by atoms with Gasteiger partial charge < -0.3 is 5.73 Å². The molecule has 0 bridgehead atoms. The zero-order chi connectivity index (χ0) is 13.7. The van der Waals surface area contributed by atoms with Gasteiger partial charge in [-0.3, -0.25) is 0 Å². The molecule has 0 unspecified atom stereocenters. The largest absolute Gasteiger partial charge is 0.368 e. The van der Waals surface area contributed by atoms with Crippen molar-refractivity contribution in [2.24, 2.45) is 0 Å². The Morgan fingerprint density at radius 3 is 2.63 bits per heavy atom. The molecule has 19 heavy (non-hydrogen) atoms. The fourth-order valence-corrected chi connectivity index (χ4v) is 3.02. The molecule has 6 heteroatoms. The molecule has 4 nitrogen and oxygen atoms in total. The van der Waals surface area contributed by atoms with Gasteiger partial charge in [0.2, 0.25) is 5.95 Å². The molecule has 0 radical (unpaired) electrons. The van der Waals surface area contributed by atoms with Crippen LogP contribution in [0.25, 0.3) is 0 Å². The average molecular weight is 339 g/mol. The number of nitrogens with zero attached hydrogens (tertiary/aromatic N) is 3. The lowest BCUT2D eigenvalue weighted by Gasteiger charge is -2.05. The lowest BCUT2D eigenvalue weighted by molar-refractivity contribution is 0.802. The van der Waals surface area contributed by atoms with Gasteiger partial charge in [0, 0.05) is 15.8 Å². The summed E-state index contributed by atoms with van der Waals surface area (Å²) in [4.78, 5) is 13.9. The maximum absolute atomic E-state index is 5.71. The van der Waals surface area contributed by atoms with Gasteiger partial charge in [-0.25, -0.2) is 4.98 Å². The number of aromatic nitrogens is 3. The fraction of sp³-hybridized carbons (Fsp3) is 0.308. The summed E-state index contributed by atoms with van der Waals surface area (Å²) in [6, 6.07) is 8.09. The SMILES string of the molecule is CCCc1nc(N)nc(CSc2ccccc2Br)n1. The van der Waals surface area contributed by atoms with Gasteiger partial charge in [-0.1, -0.05) is 19.1 Å². The summed E-state index contributed by atoms with van der Waals surface area (Å²) in [6.45, 7) is 2.09. The normalized spacial score (nSPS) is 10.6. The first-order valence-corrected chi connectivity index (χ1v) is 7.83. The first-order valence-electron chi connectivity index (χ1n) is 6.05. The summed E-state index contributed by atoms with van der Waals surface area (Å²) < 4.78 is 1.08. The Balaban J connectivity index is 2.09. The second kappa shape index (κ2) is 6.86. The predicted molar refractivity (Wildman–Crippen MR) is 81.9 cm³/mol. The third-order valence-corrected chi connectivity index (χ3v) is 4.44. The number of nitrogens with two attached hydrogens (primary N) is 1. The quantitative estimate of drug-likeness (QED) is 0.845. The van der Waals surface area contributed by atoms with Crippen molar-refractivity contribution >= 4 is 33.6 Å². The lowest BCUT2D eigenvalue weighted by atomic mass is 10.3. The maximum atomic E-state index is 5.71. The Hall–Kier alpha value is -1.14. The van der Waals surface area contributed by atoms with Crippen molar-refractivity contribution in [3.05, 3.63) is 40.4 Å². The van der Waals surface area contributed by atoms with Gasteiger partial charge in [0.1, 0.15) is 11.6 Å². The van der Waals surface area contributed by atoms with Crippen molar-refractivity contribution in [1.29, 1.82) is 0 Å². The highest BCUT2D eigenvalue weighted by Gasteiger charge is 2.06. The highest BCUT2D eigenvalue weighted by Crippen LogP contribution is 2.28. The van der Waals surface area contributed by atoms with Gasteiger partial charge in [-0.2, -0.15) is 9.97 Å². The number of nitrogen functional groups attached to an aromatic ring is 1. The predicted octanol–water partition coefficient (Wildman–Crippen LogP) is 3.46. The van der Waals surface area contributed by atoms with Crippen LogP contribution in [0.15, 0.2) is 33.6 Å². The van der Waals surface area contributed by atoms with Gasteiger partial charge in [0.25, 0.3) is 0 Å². The zero-order valence-electron chi connectivity index (χ0n) is 10.6. The van der Waals surface area contributed by atoms with Crippen LogP contribution in [0.4, 0.5) is 5.95 Å². The number of hydrogen-bond donors (Lipinski definition) is 1. The van der Waals surface area contributed by atoms with Gasteiger partial charge in [0.15, 0.2) is 0 Å². The summed E-state index contributed by atoms with van der Waals surface area (Å²) in [7, 11) is 0. The summed E-state index contributed by atoms with van der Waals surface area (Å²) in [5.41, 5.74) is 5.71. The number of anilines is 1. The minimum absolute atomic E-state index is 0.307. The van der Waals surface area contributed by atoms with E-state index >= 15 is 0 Å². The van der Waals surface area contributed by atoms with E-state index < -0.39 is 0 Å². The molecule has 2 aromatic rings. The van der Waals surface area contributed by atoms with Gasteiger partial charge in [0.05, 0.1) is 5.75 Å². The Kier molecular flexibility index (Phi) is 5.15. The molecule has 2 rings (SSSR count). The van der Waals surface area contributed by atoms with Crippen molar-refractivity contribution in [2.75, 3.05) is 5.73 Å². The summed E-state index contributed by atoms with van der Waals surface area (Å²) >= 11 is 5.21. The number of thioether (sulfide) groups is 1. The van der Waals surface area contributed by atoms with E-state index in [4.69, 9.17) is 5.73 Å². The van der Waals surface area contributed by atoms with E-state index in [2.05, 4.69) is 43.9 Å². The Bertz CT molecular complexity index is 562. The van der Waals surface area contributed by atoms with Crippen molar-refractivity contribution in [3.63, 3.8) is 0 Å². The van der Waals surface area contributed by atoms with Gasteiger partial charge in [-0.15, -0.1) is 11.8 Å². The summed E-state index contributed by atoms with van der Waals surface area (Å²) in [5.74, 6) is 2.50. The molecule has 2 N–H and O–H groups in total. The molecular weight excluding hydrogens is 324 g/mol. The van der Waals surface area contributed by atoms with Crippen LogP contribution in [0.1, 0.15) is 25.0 Å². The second-order valence-corrected chi connectivity index (χ2v) is 5.87. The number of benzene rings is 1. The number of aryl methyl sites for hydroxylation is 1. The Labute approximate surface area is 125 Å². The van der Waals surface area contributed by atoms with Crippen LogP contribution >= 0.6 is 27.7 Å². The summed E-state index contributed by atoms with van der Waals surface area (Å²) in [5, 5.41) is 0. The van der Waals surface area contributed by atoms with Crippen LogP contribution in [0.2, 0.25) is 0 Å². The van der Waals surface area contributed by atoms with Crippen LogP contribution in [-0.2, 0) is 12.2 Å². The van der Waals surface area contributed by atoms with Crippen LogP contribution < -0.4 is 5.73 Å². The topological polar surface area (TPSA) is 64.7 Å². The molecule has 0 atom stereocenters. The minimum atomic E-state index is 0.307. The molecule has 0 fully saturated rings. The molecule has 0 saturated heterocycles. The second-order valence-electron chi connectivity index (χ2n) is 4.00. The number of hydrogen-bond acceptors (Lipinski definition) is 5. The monoisotopic (exact) mass is 338 g/mol. The maximum Gasteiger partial charge on any atom is 0.223 e. The van der Waals surface area contributed by atoms with E-state index in [1.54, 1.807) is 11.8 Å². The van der Waals surface area contributed by atoms with Gasteiger partial charge in [-0.05, 0) is 34.5 Å². The molecule has 0 amide bonds. The highest BCUT2D eigenvalue weighted by atomic mass is 79.9. The third-order valence-electron chi connectivity index (χ3n) is 2.41. The van der Waals surface area contributed by atoms with Crippen molar-refractivity contribution in [2.45, 2.75) is 30.4 Å². The van der Waals surface area contributed by atoms with Crippen LogP contribution in [0.5, 0.6) is 0 Å². The molecule has 0 saturated carbocycles. The van der Waals surface area contributed by atoms with Crippen LogP contribution in [-0.4, -0.2) is 15.0 Å². The lowest BCUT2D eigenvalue weighted by Crippen LogP contribution is -2.06. The van der Waals surface area contributed by atoms with E-state index in [0.717, 1.165) is 29.0 Å². The van der Waals surface area contributed by atoms with E-state index in [9.17, 15) is 0 Å². The molecule has 0 spiro atoms. The third kappa shape index (κ3) is 4.18. The molecule has 0 aliphatic rings. The van der Waals surface area contributed by atoms with Crippen molar-refractivity contribution in [1.82, 2.24) is 15.0 Å². The smallest absolute Gasteiger partial charge is 0.223 e. The van der Waals surface area contributed by atoms with Crippen molar-refractivity contribution < 1.29 is 0 Å². The minimum Gasteiger partial charge on any atom is -0.368 e. The average Bonchev–Trinajstić information content (AvgIpc) is 2.37. The molecule has 1 aromatic heterocycles. The molecule has 1 aromatic carbocycles. The van der Waals surface area contributed by atoms with Gasteiger partial charge >= 0.3 is 0 Å². The van der Waals surface area contributed by atoms with Crippen LogP contribution in [0.3, 0.4) is 0 Å². The molecule has 100 valence electrons. The Morgan fingerprint density at radius 2 is 1.89 bits per heavy atom. The number of rotatable bonds is 5. The first-order chi connectivity index (χ1) is 9.19.